The molecule has 6 heteroatoms. The van der Waals surface area contributed by atoms with Gasteiger partial charge in [0.25, 0.3) is 0 Å². The molecule has 0 saturated carbocycles. The minimum atomic E-state index is 0.0989. The number of halogens is 1. The summed E-state index contributed by atoms with van der Waals surface area (Å²) < 4.78 is 1.82. The summed E-state index contributed by atoms with van der Waals surface area (Å²) in [7, 11) is 0. The number of hydrogen-bond donors (Lipinski definition) is 1. The van der Waals surface area contributed by atoms with Crippen LogP contribution in [0.5, 0.6) is 0 Å². The van der Waals surface area contributed by atoms with Crippen LogP contribution in [0.3, 0.4) is 0 Å². The van der Waals surface area contributed by atoms with Gasteiger partial charge < -0.3 is 5.73 Å². The van der Waals surface area contributed by atoms with Crippen molar-refractivity contribution in [2.75, 3.05) is 5.73 Å². The van der Waals surface area contributed by atoms with Gasteiger partial charge in [0.05, 0.1) is 17.3 Å². The molecule has 0 atom stereocenters. The molecule has 0 aliphatic rings. The summed E-state index contributed by atoms with van der Waals surface area (Å²) >= 11 is 6.06. The third-order valence-electron chi connectivity index (χ3n) is 3.91. The van der Waals surface area contributed by atoms with E-state index in [1.807, 2.05) is 10.7 Å². The van der Waals surface area contributed by atoms with Gasteiger partial charge >= 0.3 is 0 Å². The molecule has 1 heterocycles. The lowest BCUT2D eigenvalue weighted by molar-refractivity contribution is 0.200. The van der Waals surface area contributed by atoms with Crippen molar-refractivity contribution in [1.82, 2.24) is 20.2 Å². The SMILES string of the molecule is CC(C)C(C)(C)Cn1nnnc1-c1ccc(N)c(Cl)c1. The molecule has 0 amide bonds. The second kappa shape index (κ2) is 5.40. The van der Waals surface area contributed by atoms with Crippen LogP contribution in [0.15, 0.2) is 18.2 Å². The highest BCUT2D eigenvalue weighted by atomic mass is 35.5. The molecule has 0 unspecified atom stereocenters. The minimum absolute atomic E-state index is 0.0989. The molecule has 5 nitrogen and oxygen atoms in total. The number of benzene rings is 1. The van der Waals surface area contributed by atoms with Crippen LogP contribution in [-0.4, -0.2) is 20.2 Å². The summed E-state index contributed by atoms with van der Waals surface area (Å²) in [6.45, 7) is 9.56. The predicted octanol–water partition coefficient (Wildman–Crippen LogP) is 3.26. The molecule has 0 radical (unpaired) electrons. The highest BCUT2D eigenvalue weighted by Crippen LogP contribution is 2.30. The second-order valence-corrected chi connectivity index (χ2v) is 6.45. The molecule has 20 heavy (non-hydrogen) atoms. The Morgan fingerprint density at radius 2 is 2.05 bits per heavy atom. The number of aromatic nitrogens is 4. The maximum Gasteiger partial charge on any atom is 0.182 e. The molecule has 2 rings (SSSR count). The molecule has 0 aliphatic heterocycles. The van der Waals surface area contributed by atoms with E-state index in [0.717, 1.165) is 12.1 Å². The topological polar surface area (TPSA) is 69.6 Å². The maximum atomic E-state index is 6.06. The number of hydrogen-bond acceptors (Lipinski definition) is 4. The normalized spacial score (nSPS) is 12.1. The van der Waals surface area contributed by atoms with Crippen LogP contribution in [0.25, 0.3) is 11.4 Å². The zero-order chi connectivity index (χ0) is 14.9. The van der Waals surface area contributed by atoms with Gasteiger partial charge in [-0.1, -0.05) is 39.3 Å². The summed E-state index contributed by atoms with van der Waals surface area (Å²) in [6.07, 6.45) is 0. The zero-order valence-electron chi connectivity index (χ0n) is 12.3. The standard InChI is InChI=1S/C14H20ClN5/c1-9(2)14(3,4)8-20-13(17-18-19-20)10-5-6-12(16)11(15)7-10/h5-7,9H,8,16H2,1-4H3. The van der Waals surface area contributed by atoms with Crippen LogP contribution in [-0.2, 0) is 6.54 Å². The predicted molar refractivity (Wildman–Crippen MR) is 81.3 cm³/mol. The van der Waals surface area contributed by atoms with E-state index in [0.29, 0.717) is 22.5 Å². The van der Waals surface area contributed by atoms with Crippen LogP contribution in [0.2, 0.25) is 5.02 Å². The number of rotatable bonds is 4. The first-order chi connectivity index (χ1) is 9.31. The lowest BCUT2D eigenvalue weighted by Crippen LogP contribution is -2.26. The van der Waals surface area contributed by atoms with Crippen molar-refractivity contribution >= 4 is 17.3 Å². The number of nitrogens with zero attached hydrogens (tertiary/aromatic N) is 4. The summed E-state index contributed by atoms with van der Waals surface area (Å²) in [5.74, 6) is 1.23. The Balaban J connectivity index is 2.35. The monoisotopic (exact) mass is 293 g/mol. The molecule has 0 aliphatic carbocycles. The van der Waals surface area contributed by atoms with Crippen molar-refractivity contribution in [3.05, 3.63) is 23.2 Å². The first kappa shape index (κ1) is 14.8. The number of nitrogens with two attached hydrogens (primary N) is 1. The van der Waals surface area contributed by atoms with Crippen LogP contribution in [0.1, 0.15) is 27.7 Å². The fourth-order valence-electron chi connectivity index (χ4n) is 1.75. The number of anilines is 1. The highest BCUT2D eigenvalue weighted by Gasteiger charge is 2.25. The van der Waals surface area contributed by atoms with E-state index < -0.39 is 0 Å². The van der Waals surface area contributed by atoms with Gasteiger partial charge in [0, 0.05) is 5.56 Å². The van der Waals surface area contributed by atoms with E-state index in [2.05, 4.69) is 43.2 Å². The quantitative estimate of drug-likeness (QED) is 0.879. The Bertz CT molecular complexity index is 603. The van der Waals surface area contributed by atoms with E-state index >= 15 is 0 Å². The Morgan fingerprint density at radius 1 is 1.35 bits per heavy atom. The molecule has 0 bridgehead atoms. The Labute approximate surface area is 124 Å². The van der Waals surface area contributed by atoms with E-state index in [9.17, 15) is 0 Å². The Morgan fingerprint density at radius 3 is 2.65 bits per heavy atom. The molecule has 0 fully saturated rings. The summed E-state index contributed by atoms with van der Waals surface area (Å²) in [5.41, 5.74) is 7.25. The lowest BCUT2D eigenvalue weighted by atomic mass is 9.81. The van der Waals surface area contributed by atoms with E-state index in [-0.39, 0.29) is 5.41 Å². The van der Waals surface area contributed by atoms with Gasteiger partial charge in [-0.25, -0.2) is 4.68 Å². The Kier molecular flexibility index (Phi) is 3.99. The summed E-state index contributed by atoms with van der Waals surface area (Å²) in [4.78, 5) is 0. The van der Waals surface area contributed by atoms with Crippen LogP contribution < -0.4 is 5.73 Å². The van der Waals surface area contributed by atoms with Gasteiger partial charge in [0.15, 0.2) is 5.82 Å². The first-order valence-electron chi connectivity index (χ1n) is 6.63. The molecule has 108 valence electrons. The minimum Gasteiger partial charge on any atom is -0.398 e. The third kappa shape index (κ3) is 2.93. The molecular formula is C14H20ClN5. The van der Waals surface area contributed by atoms with E-state index in [1.54, 1.807) is 12.1 Å². The van der Waals surface area contributed by atoms with Crippen molar-refractivity contribution in [3.63, 3.8) is 0 Å². The molecule has 2 aromatic rings. The largest absolute Gasteiger partial charge is 0.398 e. The molecule has 0 saturated heterocycles. The highest BCUT2D eigenvalue weighted by molar-refractivity contribution is 6.33. The average Bonchev–Trinajstić information content (AvgIpc) is 2.80. The van der Waals surface area contributed by atoms with Gasteiger partial charge in [0.1, 0.15) is 0 Å². The van der Waals surface area contributed by atoms with Gasteiger partial charge in [-0.15, -0.1) is 5.10 Å². The fraction of sp³-hybridized carbons (Fsp3) is 0.500. The van der Waals surface area contributed by atoms with Crippen LogP contribution in [0, 0.1) is 11.3 Å². The second-order valence-electron chi connectivity index (χ2n) is 6.04. The molecule has 1 aromatic carbocycles. The molecule has 0 spiro atoms. The lowest BCUT2D eigenvalue weighted by Gasteiger charge is -2.29. The third-order valence-corrected chi connectivity index (χ3v) is 4.24. The van der Waals surface area contributed by atoms with Crippen molar-refractivity contribution in [3.8, 4) is 11.4 Å². The summed E-state index contributed by atoms with van der Waals surface area (Å²) in [6, 6.07) is 5.44. The zero-order valence-corrected chi connectivity index (χ0v) is 13.0. The van der Waals surface area contributed by atoms with Gasteiger partial charge in [-0.05, 0) is 40.0 Å². The Hall–Kier alpha value is -1.62. The van der Waals surface area contributed by atoms with Crippen LogP contribution >= 0.6 is 11.6 Å². The van der Waals surface area contributed by atoms with Crippen LogP contribution in [0.4, 0.5) is 5.69 Å². The van der Waals surface area contributed by atoms with Gasteiger partial charge in [0.2, 0.25) is 0 Å². The van der Waals surface area contributed by atoms with E-state index in [1.165, 1.54) is 0 Å². The van der Waals surface area contributed by atoms with Crippen molar-refractivity contribution in [2.45, 2.75) is 34.2 Å². The molecule has 1 aromatic heterocycles. The van der Waals surface area contributed by atoms with Gasteiger partial charge in [-0.2, -0.15) is 0 Å². The van der Waals surface area contributed by atoms with Crippen molar-refractivity contribution < 1.29 is 0 Å². The molecular weight excluding hydrogens is 274 g/mol. The van der Waals surface area contributed by atoms with Crippen molar-refractivity contribution in [1.29, 1.82) is 0 Å². The smallest absolute Gasteiger partial charge is 0.182 e. The van der Waals surface area contributed by atoms with Gasteiger partial charge in [-0.3, -0.25) is 0 Å². The first-order valence-corrected chi connectivity index (χ1v) is 7.00. The summed E-state index contributed by atoms with van der Waals surface area (Å²) in [5, 5.41) is 12.5. The maximum absolute atomic E-state index is 6.06. The number of nitrogen functional groups attached to an aromatic ring is 1. The fourth-order valence-corrected chi connectivity index (χ4v) is 1.93. The number of tetrazole rings is 1. The van der Waals surface area contributed by atoms with E-state index in [4.69, 9.17) is 17.3 Å². The molecule has 2 N–H and O–H groups in total. The average molecular weight is 294 g/mol. The van der Waals surface area contributed by atoms with Crippen molar-refractivity contribution in [2.24, 2.45) is 11.3 Å².